The number of ether oxygens (including phenoxy) is 10. The monoisotopic (exact) mass is 2080 g/mol. The first-order valence-electron chi connectivity index (χ1n) is 42.1. The zero-order valence-corrected chi connectivity index (χ0v) is 79.4. The van der Waals surface area contributed by atoms with E-state index in [1.54, 1.807) is 93.5 Å². The number of H-pyrrole nitrogens is 2. The largest absolute Gasteiger partial charge is 0.461 e. The molecule has 10 aromatic heterocycles. The maximum absolute atomic E-state index is 14.4. The fourth-order valence-corrected chi connectivity index (χ4v) is 15.1. The Labute approximate surface area is 804 Å². The van der Waals surface area contributed by atoms with Crippen molar-refractivity contribution in [2.24, 2.45) is 0 Å². The number of likely N-dealkylation sites (tertiary alicyclic amines) is 2. The summed E-state index contributed by atoms with van der Waals surface area (Å²) >= 11 is 10.1. The molecule has 0 unspecified atom stereocenters. The highest BCUT2D eigenvalue weighted by Gasteiger charge is 2.24. The van der Waals surface area contributed by atoms with Crippen LogP contribution in [0.3, 0.4) is 0 Å². The lowest BCUT2D eigenvalue weighted by atomic mass is 10.1. The van der Waals surface area contributed by atoms with Gasteiger partial charge in [-0.15, -0.1) is 0 Å². The zero-order chi connectivity index (χ0) is 97.6. The van der Waals surface area contributed by atoms with Gasteiger partial charge in [-0.2, -0.15) is 65.6 Å². The molecule has 17 rings (SSSR count). The smallest absolute Gasteiger partial charge is 0.328 e. The van der Waals surface area contributed by atoms with E-state index in [1.807, 2.05) is 22.8 Å². The van der Waals surface area contributed by atoms with Gasteiger partial charge in [-0.1, -0.05) is 46.3 Å². The Morgan fingerprint density at radius 2 is 0.737 bits per heavy atom. The van der Waals surface area contributed by atoms with Gasteiger partial charge in [0.1, 0.15) is 91.4 Å². The van der Waals surface area contributed by atoms with E-state index in [0.29, 0.717) is 179 Å². The summed E-state index contributed by atoms with van der Waals surface area (Å²) in [6, 6.07) is 29.4. The second-order valence-electron chi connectivity index (χ2n) is 30.0. The number of methoxy groups -OCH3 is 5. The minimum Gasteiger partial charge on any atom is -0.461 e. The van der Waals surface area contributed by atoms with Crippen LogP contribution in [0.15, 0.2) is 118 Å². The molecule has 137 heavy (non-hydrogen) atoms. The van der Waals surface area contributed by atoms with Crippen LogP contribution in [0, 0.1) is 63.1 Å². The van der Waals surface area contributed by atoms with E-state index in [-0.39, 0.29) is 107 Å². The number of benzene rings is 5. The van der Waals surface area contributed by atoms with Crippen molar-refractivity contribution in [1.82, 2.24) is 108 Å². The summed E-state index contributed by atoms with van der Waals surface area (Å²) in [7, 11) is 7.87. The Morgan fingerprint density at radius 3 is 1.15 bits per heavy atom. The number of nitrogen functional groups attached to an aromatic ring is 5. The van der Waals surface area contributed by atoms with Gasteiger partial charge < -0.3 is 90.6 Å². The Bertz CT molecular complexity index is 6860. The highest BCUT2D eigenvalue weighted by Crippen LogP contribution is 2.31. The number of nitrogens with zero attached hydrogens (tertiary/aromatic N) is 23. The average Bonchev–Trinajstić information content (AvgIpc) is 1.65. The van der Waals surface area contributed by atoms with Crippen molar-refractivity contribution < 1.29 is 69.3 Å². The SMILES string of the molecule is COCCOc1nc(N)c2[nH]c(=O)n(Cc3ccc(F)c(CN4CCCC4)c3)c2n1.COCCOc1nc(N)c2[nH]cnc2n1.COCCOc1nc(N)c2nc(Br)n(Cc3ccc(F)c(C#N)c3)c2n1.COCCOc1nc(N)c2nc(Br)n(Cc3ccc(F)c(CN4CCCC4)c3)c2n1.COCCOc1nc(N)c2ncn(Cc3ccc(F)c(C#N)c3)c2n1.N#Cc1cc(CBr)ccc1F. The number of nitrogens with one attached hydrogen (secondary N) is 2. The number of alkyl halides is 1. The van der Waals surface area contributed by atoms with Gasteiger partial charge in [-0.05, 0) is 172 Å². The van der Waals surface area contributed by atoms with E-state index in [2.05, 4.69) is 137 Å². The van der Waals surface area contributed by atoms with Crippen molar-refractivity contribution in [3.05, 3.63) is 208 Å². The highest BCUT2D eigenvalue weighted by atomic mass is 79.9. The molecular weight excluding hydrogens is 1990 g/mol. The predicted molar refractivity (Wildman–Crippen MR) is 504 cm³/mol. The lowest BCUT2D eigenvalue weighted by Crippen LogP contribution is -2.20. The van der Waals surface area contributed by atoms with E-state index in [0.717, 1.165) is 61.3 Å². The van der Waals surface area contributed by atoms with Crippen molar-refractivity contribution in [2.45, 2.75) is 70.3 Å². The summed E-state index contributed by atoms with van der Waals surface area (Å²) in [6.45, 7) is 10.1. The molecule has 12 N–H and O–H groups in total. The Balaban J connectivity index is 0.000000151. The number of imidazole rings is 5. The molecular formula is C88H94Br3F5N30O11. The lowest BCUT2D eigenvalue weighted by Gasteiger charge is -2.16. The maximum atomic E-state index is 14.4. The third-order valence-corrected chi connectivity index (χ3v) is 22.3. The number of nitrogens with two attached hydrogens (primary N) is 5. The van der Waals surface area contributed by atoms with Gasteiger partial charge in [0.15, 0.2) is 83.3 Å². The summed E-state index contributed by atoms with van der Waals surface area (Å²) in [4.78, 5) is 81.3. The van der Waals surface area contributed by atoms with Crippen LogP contribution in [-0.2, 0) is 68.3 Å². The minimum absolute atomic E-state index is 0.0142. The molecule has 12 heterocycles. The first-order chi connectivity index (χ1) is 66.3. The number of rotatable bonds is 33. The van der Waals surface area contributed by atoms with E-state index < -0.39 is 17.5 Å². The molecule has 2 saturated heterocycles. The maximum Gasteiger partial charge on any atom is 0.328 e. The van der Waals surface area contributed by atoms with Crippen LogP contribution in [0.2, 0.25) is 0 Å². The molecule has 49 heteroatoms. The van der Waals surface area contributed by atoms with E-state index in [1.165, 1.54) is 72.3 Å². The van der Waals surface area contributed by atoms with Crippen LogP contribution in [0.1, 0.15) is 81.3 Å². The first kappa shape index (κ1) is 102. The number of halogens is 8. The molecule has 0 saturated carbocycles. The number of nitriles is 3. The fourth-order valence-electron chi connectivity index (χ4n) is 13.8. The Kier molecular flexibility index (Phi) is 37.2. The van der Waals surface area contributed by atoms with Crippen LogP contribution in [-0.4, -0.2) is 236 Å². The number of aromatic amines is 2. The average molecular weight is 2080 g/mol. The molecule has 15 aromatic rings. The van der Waals surface area contributed by atoms with Gasteiger partial charge in [-0.25, -0.2) is 46.7 Å². The third-order valence-electron chi connectivity index (χ3n) is 20.5. The molecule has 2 aliphatic heterocycles. The number of fused-ring (bicyclic) bond motifs is 5. The summed E-state index contributed by atoms with van der Waals surface area (Å²) in [5.41, 5.74) is 39.3. The summed E-state index contributed by atoms with van der Waals surface area (Å²) in [5.74, 6) is -0.933. The van der Waals surface area contributed by atoms with Crippen molar-refractivity contribution >= 4 is 133 Å². The van der Waals surface area contributed by atoms with Gasteiger partial charge in [-0.3, -0.25) is 23.5 Å². The normalized spacial score (nSPS) is 12.3. The first-order valence-corrected chi connectivity index (χ1v) is 44.8. The van der Waals surface area contributed by atoms with Gasteiger partial charge in [0.25, 0.3) is 0 Å². The number of anilines is 5. The second kappa shape index (κ2) is 50.0. The molecule has 41 nitrogen and oxygen atoms in total. The quantitative estimate of drug-likeness (QED) is 0.00869. The molecule has 2 fully saturated rings. The van der Waals surface area contributed by atoms with Gasteiger partial charge in [0, 0.05) is 65.1 Å². The lowest BCUT2D eigenvalue weighted by molar-refractivity contribution is 0.141. The molecule has 0 bridgehead atoms. The molecule has 718 valence electrons. The highest BCUT2D eigenvalue weighted by molar-refractivity contribution is 9.10. The van der Waals surface area contributed by atoms with Crippen LogP contribution >= 0.6 is 47.8 Å². The molecule has 2 aliphatic rings. The van der Waals surface area contributed by atoms with Crippen molar-refractivity contribution in [1.29, 1.82) is 15.8 Å². The summed E-state index contributed by atoms with van der Waals surface area (Å²) in [6.07, 6.45) is 7.69. The van der Waals surface area contributed by atoms with Crippen molar-refractivity contribution in [2.75, 3.05) is 156 Å². The summed E-state index contributed by atoms with van der Waals surface area (Å²) < 4.78 is 128. The van der Waals surface area contributed by atoms with Crippen molar-refractivity contribution in [3.8, 4) is 48.3 Å². The van der Waals surface area contributed by atoms with Crippen molar-refractivity contribution in [3.63, 3.8) is 0 Å². The molecule has 0 radical (unpaired) electrons. The Hall–Kier alpha value is -14.1. The Morgan fingerprint density at radius 1 is 0.387 bits per heavy atom. The zero-order valence-electron chi connectivity index (χ0n) is 74.7. The van der Waals surface area contributed by atoms with Crippen LogP contribution in [0.5, 0.6) is 30.1 Å². The van der Waals surface area contributed by atoms with Crippen LogP contribution < -0.4 is 58.0 Å². The molecule has 5 aromatic carbocycles. The minimum atomic E-state index is -0.564. The number of hydrogen-bond acceptors (Lipinski definition) is 35. The number of aromatic nitrogens is 20. The standard InChI is InChI=1S/C20H24BrFN6O2.C20H25FN6O3.C16H14BrFN6O2.C16H15FN6O2.C8H5BrFN.C8H11N5O2/c1-29-8-9-30-20-25-17(23)16-18(26-20)28(19(21)24-16)11-13-4-5-15(22)14(10-13)12-27-6-2-3-7-27;1-29-8-9-30-19-24-17(22)16-18(25-19)27(20(28)23-16)11-13-4-5-15(21)14(10-13)12-26-6-2-3-7-26;1-25-4-5-26-16-22-13(20)12-14(23-16)24(15(17)21-12)8-9-2-3-11(18)10(6-9)7-19;1-24-4-5-25-16-21-14(19)13-15(22-16)23(9-20-13)8-10-2-3-12(17)11(6-10)7-18;9-4-6-1-2-8(10)7(3-6)5-11;1-14-2-3-15-8-12-6(9)5-7(13-8)11-4-10-5/h4-5,10H,2-3,6-9,11-12H2,1H3,(H2,23,25,26);4-5,10H,2-3,6-9,11-12H2,1H3,(H,23,28)(H2,22,24,25);2-3,6H,4-5,8H2,1H3,(H2,20,22,23);2-3,6,9H,4-5,8H2,1H3,(H2,19,21,22);1-3H,4H2;4H,2-3H2,1H3,(H3,9,10,11,12,13). The molecule has 0 spiro atoms. The van der Waals surface area contributed by atoms with E-state index in [9.17, 15) is 26.7 Å². The van der Waals surface area contributed by atoms with Crippen LogP contribution in [0.25, 0.3) is 55.8 Å². The number of hydrogen-bond donors (Lipinski definition) is 7. The summed E-state index contributed by atoms with van der Waals surface area (Å²) in [5, 5.41) is 27.0. The molecule has 0 atom stereocenters. The van der Waals surface area contributed by atoms with Gasteiger partial charge in [0.05, 0.1) is 88.6 Å². The predicted octanol–water partition coefficient (Wildman–Crippen LogP) is 10.8. The van der Waals surface area contributed by atoms with E-state index in [4.69, 9.17) is 91.8 Å². The molecule has 0 aliphatic carbocycles. The second-order valence-corrected chi connectivity index (χ2v) is 32.0. The fraction of sp³-hybridized carbons (Fsp3) is 0.341. The van der Waals surface area contributed by atoms with Crippen LogP contribution in [0.4, 0.5) is 51.0 Å². The van der Waals surface area contributed by atoms with Gasteiger partial charge in [0.2, 0.25) is 0 Å². The van der Waals surface area contributed by atoms with Gasteiger partial charge >= 0.3 is 35.7 Å². The third kappa shape index (κ3) is 27.4. The topological polar surface area (TPSA) is 549 Å². The molecule has 0 amide bonds. The van der Waals surface area contributed by atoms with E-state index >= 15 is 0 Å².